The number of thiocarbonyl (C=S) groups is 1. The van der Waals surface area contributed by atoms with Gasteiger partial charge in [-0.3, -0.25) is 0 Å². The molecule has 2 aromatic carbocycles. The molecule has 0 spiro atoms. The van der Waals surface area contributed by atoms with Crippen molar-refractivity contribution in [2.75, 3.05) is 5.32 Å². The second kappa shape index (κ2) is 7.41. The Morgan fingerprint density at radius 3 is 2.36 bits per heavy atom. The van der Waals surface area contributed by atoms with Crippen molar-refractivity contribution in [3.05, 3.63) is 64.7 Å². The molecule has 3 heteroatoms. The highest BCUT2D eigenvalue weighted by Crippen LogP contribution is 2.21. The van der Waals surface area contributed by atoms with Gasteiger partial charge in [0.05, 0.1) is 6.04 Å². The average Bonchev–Trinajstić information content (AvgIpc) is 2.49. The van der Waals surface area contributed by atoms with E-state index in [2.05, 4.69) is 80.8 Å². The zero-order valence-corrected chi connectivity index (χ0v) is 14.6. The summed E-state index contributed by atoms with van der Waals surface area (Å²) in [5.41, 5.74) is 6.17. The highest BCUT2D eigenvalue weighted by Gasteiger charge is 2.12. The Kier molecular flexibility index (Phi) is 5.56. The first-order valence-corrected chi connectivity index (χ1v) is 8.12. The molecule has 2 N–H and O–H groups in total. The molecule has 0 fully saturated rings. The summed E-state index contributed by atoms with van der Waals surface area (Å²) in [6, 6.07) is 15.0. The van der Waals surface area contributed by atoms with Crippen LogP contribution in [0.25, 0.3) is 0 Å². The van der Waals surface area contributed by atoms with Gasteiger partial charge in [0, 0.05) is 5.69 Å². The fourth-order valence-electron chi connectivity index (χ4n) is 2.52. The number of hydrogen-bond acceptors (Lipinski definition) is 1. The lowest BCUT2D eigenvalue weighted by Gasteiger charge is -2.22. The Bertz CT molecular complexity index is 664. The molecule has 0 unspecified atom stereocenters. The largest absolute Gasteiger partial charge is 0.356 e. The molecule has 2 nitrogen and oxygen atoms in total. The second-order valence-electron chi connectivity index (χ2n) is 5.71. The van der Waals surface area contributed by atoms with E-state index in [9.17, 15) is 0 Å². The van der Waals surface area contributed by atoms with Gasteiger partial charge in [-0.1, -0.05) is 37.3 Å². The van der Waals surface area contributed by atoms with E-state index >= 15 is 0 Å². The van der Waals surface area contributed by atoms with Crippen LogP contribution in [0.15, 0.2) is 42.5 Å². The smallest absolute Gasteiger partial charge is 0.171 e. The first kappa shape index (κ1) is 16.5. The summed E-state index contributed by atoms with van der Waals surface area (Å²) >= 11 is 5.48. The molecule has 0 aliphatic heterocycles. The summed E-state index contributed by atoms with van der Waals surface area (Å²) in [6.45, 7) is 8.53. The van der Waals surface area contributed by atoms with E-state index in [1.807, 2.05) is 0 Å². The van der Waals surface area contributed by atoms with Crippen molar-refractivity contribution in [2.45, 2.75) is 40.2 Å². The van der Waals surface area contributed by atoms with Gasteiger partial charge in [-0.2, -0.15) is 0 Å². The summed E-state index contributed by atoms with van der Waals surface area (Å²) < 4.78 is 0. The molecular weight excluding hydrogens is 288 g/mol. The van der Waals surface area contributed by atoms with Crippen LogP contribution in [0.5, 0.6) is 0 Å². The fraction of sp³-hybridized carbons (Fsp3) is 0.316. The summed E-state index contributed by atoms with van der Waals surface area (Å²) in [4.78, 5) is 0. The second-order valence-corrected chi connectivity index (χ2v) is 6.12. The van der Waals surface area contributed by atoms with Crippen LogP contribution in [0.3, 0.4) is 0 Å². The monoisotopic (exact) mass is 312 g/mol. The van der Waals surface area contributed by atoms with Crippen molar-refractivity contribution in [3.8, 4) is 0 Å². The van der Waals surface area contributed by atoms with Crippen molar-refractivity contribution < 1.29 is 0 Å². The summed E-state index contributed by atoms with van der Waals surface area (Å²) in [7, 11) is 0. The molecule has 2 rings (SSSR count). The van der Waals surface area contributed by atoms with Crippen LogP contribution in [0, 0.1) is 20.8 Å². The van der Waals surface area contributed by atoms with Gasteiger partial charge in [0.25, 0.3) is 0 Å². The number of nitrogens with one attached hydrogen (secondary N) is 2. The maximum absolute atomic E-state index is 5.48. The molecule has 22 heavy (non-hydrogen) atoms. The Hall–Kier alpha value is -1.87. The molecule has 0 heterocycles. The Labute approximate surface area is 139 Å². The van der Waals surface area contributed by atoms with Crippen LogP contribution in [-0.2, 0) is 0 Å². The minimum absolute atomic E-state index is 0.229. The van der Waals surface area contributed by atoms with Gasteiger partial charge >= 0.3 is 0 Å². The molecule has 1 atom stereocenters. The number of benzene rings is 2. The van der Waals surface area contributed by atoms with Crippen LogP contribution in [-0.4, -0.2) is 5.11 Å². The number of rotatable bonds is 4. The van der Waals surface area contributed by atoms with E-state index in [-0.39, 0.29) is 6.04 Å². The van der Waals surface area contributed by atoms with Crippen molar-refractivity contribution in [1.82, 2.24) is 5.32 Å². The third kappa shape index (κ3) is 4.08. The zero-order valence-electron chi connectivity index (χ0n) is 13.7. The van der Waals surface area contributed by atoms with E-state index in [1.54, 1.807) is 0 Å². The first-order chi connectivity index (χ1) is 10.5. The SMILES string of the molecule is CC[C@H](NC(=S)Nc1ccc(C)c(C)c1)c1ccccc1C. The van der Waals surface area contributed by atoms with Gasteiger partial charge in [0.15, 0.2) is 5.11 Å². The van der Waals surface area contributed by atoms with Gasteiger partial charge in [0.1, 0.15) is 0 Å². The maximum atomic E-state index is 5.48. The van der Waals surface area contributed by atoms with Gasteiger partial charge in [-0.25, -0.2) is 0 Å². The van der Waals surface area contributed by atoms with Crippen molar-refractivity contribution >= 4 is 23.0 Å². The Morgan fingerprint density at radius 2 is 1.73 bits per heavy atom. The summed E-state index contributed by atoms with van der Waals surface area (Å²) in [5.74, 6) is 0. The normalized spacial score (nSPS) is 11.8. The van der Waals surface area contributed by atoms with Crippen LogP contribution in [0.1, 0.15) is 41.6 Å². The molecule has 0 aliphatic carbocycles. The maximum Gasteiger partial charge on any atom is 0.171 e. The molecule has 0 amide bonds. The van der Waals surface area contributed by atoms with Gasteiger partial charge in [-0.15, -0.1) is 0 Å². The van der Waals surface area contributed by atoms with E-state index in [1.165, 1.54) is 22.3 Å². The van der Waals surface area contributed by atoms with Crippen molar-refractivity contribution in [2.24, 2.45) is 0 Å². The van der Waals surface area contributed by atoms with Crippen molar-refractivity contribution in [3.63, 3.8) is 0 Å². The van der Waals surface area contributed by atoms with Crippen LogP contribution in [0.4, 0.5) is 5.69 Å². The third-order valence-corrected chi connectivity index (χ3v) is 4.26. The Balaban J connectivity index is 2.06. The average molecular weight is 312 g/mol. The van der Waals surface area contributed by atoms with Crippen LogP contribution in [0.2, 0.25) is 0 Å². The number of aryl methyl sites for hydroxylation is 3. The lowest BCUT2D eigenvalue weighted by molar-refractivity contribution is 0.625. The predicted octanol–water partition coefficient (Wildman–Crippen LogP) is 5.05. The molecule has 0 aliphatic rings. The van der Waals surface area contributed by atoms with E-state index in [4.69, 9.17) is 12.2 Å². The van der Waals surface area contributed by atoms with Gasteiger partial charge in [-0.05, 0) is 73.8 Å². The number of hydrogen-bond donors (Lipinski definition) is 2. The summed E-state index contributed by atoms with van der Waals surface area (Å²) in [6.07, 6.45) is 0.986. The topological polar surface area (TPSA) is 24.1 Å². The minimum atomic E-state index is 0.229. The van der Waals surface area contributed by atoms with E-state index in [0.717, 1.165) is 12.1 Å². The molecule has 0 saturated carbocycles. The Morgan fingerprint density at radius 1 is 1.00 bits per heavy atom. The lowest BCUT2D eigenvalue weighted by Crippen LogP contribution is -2.32. The highest BCUT2D eigenvalue weighted by molar-refractivity contribution is 7.80. The first-order valence-electron chi connectivity index (χ1n) is 7.71. The van der Waals surface area contributed by atoms with Crippen LogP contribution < -0.4 is 10.6 Å². The molecule has 116 valence electrons. The third-order valence-electron chi connectivity index (χ3n) is 4.04. The van der Waals surface area contributed by atoms with Crippen LogP contribution >= 0.6 is 12.2 Å². The molecule has 2 aromatic rings. The number of anilines is 1. The van der Waals surface area contributed by atoms with Gasteiger partial charge < -0.3 is 10.6 Å². The predicted molar refractivity (Wildman–Crippen MR) is 99.5 cm³/mol. The van der Waals surface area contributed by atoms with E-state index in [0.29, 0.717) is 5.11 Å². The highest BCUT2D eigenvalue weighted by atomic mass is 32.1. The molecule has 0 aromatic heterocycles. The molecular formula is C19H24N2S. The molecule has 0 saturated heterocycles. The van der Waals surface area contributed by atoms with E-state index < -0.39 is 0 Å². The van der Waals surface area contributed by atoms with Gasteiger partial charge in [0.2, 0.25) is 0 Å². The van der Waals surface area contributed by atoms with Crippen molar-refractivity contribution in [1.29, 1.82) is 0 Å². The minimum Gasteiger partial charge on any atom is -0.356 e. The molecule has 0 radical (unpaired) electrons. The zero-order chi connectivity index (χ0) is 16.1. The summed E-state index contributed by atoms with van der Waals surface area (Å²) in [5, 5.41) is 7.38. The molecule has 0 bridgehead atoms. The quantitative estimate of drug-likeness (QED) is 0.773. The standard InChI is InChI=1S/C19H24N2S/c1-5-18(17-9-7-6-8-14(17)3)21-19(22)20-16-11-10-13(2)15(4)12-16/h6-12,18H,5H2,1-4H3,(H2,20,21,22)/t18-/m0/s1. The lowest BCUT2D eigenvalue weighted by atomic mass is 10.00. The fourth-order valence-corrected chi connectivity index (χ4v) is 2.78.